The minimum absolute atomic E-state index is 0.104. The van der Waals surface area contributed by atoms with E-state index in [1.165, 1.54) is 7.11 Å². The van der Waals surface area contributed by atoms with Gasteiger partial charge in [-0.25, -0.2) is 0 Å². The van der Waals surface area contributed by atoms with E-state index in [-0.39, 0.29) is 11.4 Å². The number of rotatable bonds is 6. The summed E-state index contributed by atoms with van der Waals surface area (Å²) in [5, 5.41) is 10.1. The lowest BCUT2D eigenvalue weighted by molar-refractivity contribution is -0.141. The summed E-state index contributed by atoms with van der Waals surface area (Å²) in [5.74, 6) is 0.762. The second-order valence-electron chi connectivity index (χ2n) is 5.40. The summed E-state index contributed by atoms with van der Waals surface area (Å²) in [6.45, 7) is 1.70. The van der Waals surface area contributed by atoms with E-state index in [2.05, 4.69) is 0 Å². The van der Waals surface area contributed by atoms with Crippen LogP contribution in [0, 0.1) is 5.41 Å². The lowest BCUT2D eigenvalue weighted by Gasteiger charge is -2.14. The molecule has 110 valence electrons. The molecule has 0 saturated heterocycles. The summed E-state index contributed by atoms with van der Waals surface area (Å²) < 4.78 is 4.74. The smallest absolute Gasteiger partial charge is 0.306 e. The van der Waals surface area contributed by atoms with Crippen molar-refractivity contribution >= 4 is 29.3 Å². The van der Waals surface area contributed by atoms with E-state index in [0.29, 0.717) is 11.4 Å². The third-order valence-corrected chi connectivity index (χ3v) is 5.34. The summed E-state index contributed by atoms with van der Waals surface area (Å²) in [7, 11) is 1.43. The zero-order valence-electron chi connectivity index (χ0n) is 11.7. The maximum Gasteiger partial charge on any atom is 0.306 e. The Balaban J connectivity index is 1.94. The van der Waals surface area contributed by atoms with Crippen molar-refractivity contribution < 1.29 is 14.6 Å². The van der Waals surface area contributed by atoms with Gasteiger partial charge in [-0.1, -0.05) is 17.7 Å². The van der Waals surface area contributed by atoms with E-state index in [1.807, 2.05) is 18.2 Å². The number of carbonyl (C=O) groups excluding carboxylic acids is 1. The second-order valence-corrected chi connectivity index (χ2v) is 6.86. The van der Waals surface area contributed by atoms with Crippen molar-refractivity contribution in [3.63, 3.8) is 0 Å². The van der Waals surface area contributed by atoms with E-state index >= 15 is 0 Å². The number of carbonyl (C=O) groups is 1. The molecule has 1 fully saturated rings. The Morgan fingerprint density at radius 1 is 1.55 bits per heavy atom. The van der Waals surface area contributed by atoms with Gasteiger partial charge in [-0.05, 0) is 42.9 Å². The summed E-state index contributed by atoms with van der Waals surface area (Å²) in [6.07, 6.45) is 2.09. The first-order valence-electron chi connectivity index (χ1n) is 6.63. The number of methoxy groups -OCH3 is 1. The molecule has 0 amide bonds. The van der Waals surface area contributed by atoms with Gasteiger partial charge in [0.25, 0.3) is 0 Å². The van der Waals surface area contributed by atoms with Gasteiger partial charge < -0.3 is 9.84 Å². The molecular formula is C15H19ClO3S. The van der Waals surface area contributed by atoms with Crippen LogP contribution in [0.15, 0.2) is 23.1 Å². The first kappa shape index (κ1) is 15.7. The molecule has 0 aliphatic heterocycles. The van der Waals surface area contributed by atoms with Gasteiger partial charge in [0, 0.05) is 15.7 Å². The van der Waals surface area contributed by atoms with Gasteiger partial charge >= 0.3 is 5.97 Å². The quantitative estimate of drug-likeness (QED) is 0.640. The molecule has 1 N–H and O–H groups in total. The summed E-state index contributed by atoms with van der Waals surface area (Å²) in [4.78, 5) is 12.4. The highest BCUT2D eigenvalue weighted by Crippen LogP contribution is 2.52. The van der Waals surface area contributed by atoms with E-state index in [9.17, 15) is 9.90 Å². The van der Waals surface area contributed by atoms with E-state index < -0.39 is 6.10 Å². The van der Waals surface area contributed by atoms with Gasteiger partial charge in [-0.3, -0.25) is 4.79 Å². The van der Waals surface area contributed by atoms with Gasteiger partial charge in [0.15, 0.2) is 0 Å². The predicted octanol–water partition coefficient (Wildman–Crippen LogP) is 3.83. The van der Waals surface area contributed by atoms with Crippen LogP contribution >= 0.6 is 23.4 Å². The molecule has 20 heavy (non-hydrogen) atoms. The molecule has 0 bridgehead atoms. The third-order valence-electron chi connectivity index (χ3n) is 3.67. The second kappa shape index (κ2) is 6.37. The van der Waals surface area contributed by atoms with Crippen LogP contribution < -0.4 is 0 Å². The van der Waals surface area contributed by atoms with Crippen LogP contribution in [0.25, 0.3) is 0 Å². The Hall–Kier alpha value is -0.710. The molecule has 0 heterocycles. The molecule has 0 aromatic heterocycles. The molecule has 1 saturated carbocycles. The van der Waals surface area contributed by atoms with Crippen molar-refractivity contribution in [1.82, 2.24) is 0 Å². The maximum atomic E-state index is 11.4. The summed E-state index contributed by atoms with van der Waals surface area (Å²) >= 11 is 7.85. The Morgan fingerprint density at radius 3 is 2.75 bits per heavy atom. The van der Waals surface area contributed by atoms with Gasteiger partial charge in [-0.15, -0.1) is 11.8 Å². The van der Waals surface area contributed by atoms with Crippen molar-refractivity contribution in [1.29, 1.82) is 0 Å². The SMILES string of the molecule is COC(=O)CC1(CSc2ccc(C(C)O)c(Cl)c2)CC1. The molecule has 5 heteroatoms. The van der Waals surface area contributed by atoms with Crippen molar-refractivity contribution in [2.75, 3.05) is 12.9 Å². The first-order chi connectivity index (χ1) is 9.46. The van der Waals surface area contributed by atoms with Crippen molar-refractivity contribution in [2.45, 2.75) is 37.2 Å². The van der Waals surface area contributed by atoms with Crippen LogP contribution in [0.2, 0.25) is 5.02 Å². The average Bonchev–Trinajstić information content (AvgIpc) is 3.16. The van der Waals surface area contributed by atoms with E-state index in [0.717, 1.165) is 29.1 Å². The Kier molecular flexibility index (Phi) is 4.99. The molecule has 1 atom stereocenters. The molecule has 1 unspecified atom stereocenters. The van der Waals surface area contributed by atoms with Gasteiger partial charge in [0.2, 0.25) is 0 Å². The molecule has 3 nitrogen and oxygen atoms in total. The summed E-state index contributed by atoms with van der Waals surface area (Å²) in [5.41, 5.74) is 0.847. The lowest BCUT2D eigenvalue weighted by Crippen LogP contribution is -2.12. The Bertz CT molecular complexity index is 498. The predicted molar refractivity (Wildman–Crippen MR) is 81.1 cm³/mol. The fourth-order valence-corrected chi connectivity index (χ4v) is 3.73. The number of aliphatic hydroxyl groups excluding tert-OH is 1. The Labute approximate surface area is 128 Å². The lowest BCUT2D eigenvalue weighted by atomic mass is 10.1. The van der Waals surface area contributed by atoms with Gasteiger partial charge in [-0.2, -0.15) is 0 Å². The minimum Gasteiger partial charge on any atom is -0.469 e. The number of ether oxygens (including phenoxy) is 1. The third kappa shape index (κ3) is 3.90. The fourth-order valence-electron chi connectivity index (χ4n) is 2.10. The van der Waals surface area contributed by atoms with Crippen LogP contribution in [-0.4, -0.2) is 23.9 Å². The van der Waals surface area contributed by atoms with Crippen LogP contribution in [0.1, 0.15) is 37.9 Å². The molecule has 1 aromatic rings. The Morgan fingerprint density at radius 2 is 2.25 bits per heavy atom. The van der Waals surface area contributed by atoms with E-state index in [4.69, 9.17) is 16.3 Å². The monoisotopic (exact) mass is 314 g/mol. The standard InChI is InChI=1S/C15H19ClO3S/c1-10(17)12-4-3-11(7-13(12)16)20-9-15(5-6-15)8-14(18)19-2/h3-4,7,10,17H,5-6,8-9H2,1-2H3. The molecule has 1 aliphatic rings. The normalized spacial score (nSPS) is 17.6. The van der Waals surface area contributed by atoms with Crippen LogP contribution in [0.4, 0.5) is 0 Å². The van der Waals surface area contributed by atoms with Crippen LogP contribution in [0.5, 0.6) is 0 Å². The highest BCUT2D eigenvalue weighted by Gasteiger charge is 2.44. The summed E-state index contributed by atoms with van der Waals surface area (Å²) in [6, 6.07) is 5.70. The number of halogens is 1. The minimum atomic E-state index is -0.560. The van der Waals surface area contributed by atoms with E-state index in [1.54, 1.807) is 18.7 Å². The highest BCUT2D eigenvalue weighted by molar-refractivity contribution is 7.99. The maximum absolute atomic E-state index is 11.4. The number of thioether (sulfide) groups is 1. The van der Waals surface area contributed by atoms with Crippen molar-refractivity contribution in [3.8, 4) is 0 Å². The van der Waals surface area contributed by atoms with Crippen molar-refractivity contribution in [2.24, 2.45) is 5.41 Å². The topological polar surface area (TPSA) is 46.5 Å². The molecule has 0 radical (unpaired) electrons. The molecule has 1 aliphatic carbocycles. The number of hydrogen-bond acceptors (Lipinski definition) is 4. The van der Waals surface area contributed by atoms with Crippen molar-refractivity contribution in [3.05, 3.63) is 28.8 Å². The molecule has 0 spiro atoms. The number of aliphatic hydroxyl groups is 1. The fraction of sp³-hybridized carbons (Fsp3) is 0.533. The highest BCUT2D eigenvalue weighted by atomic mass is 35.5. The average molecular weight is 315 g/mol. The number of benzene rings is 1. The molecular weight excluding hydrogens is 296 g/mol. The van der Waals surface area contributed by atoms with Gasteiger partial charge in [0.1, 0.15) is 0 Å². The first-order valence-corrected chi connectivity index (χ1v) is 7.99. The molecule has 1 aromatic carbocycles. The van der Waals surface area contributed by atoms with Gasteiger partial charge in [0.05, 0.1) is 19.6 Å². The number of hydrogen-bond donors (Lipinski definition) is 1. The molecule has 2 rings (SSSR count). The number of esters is 1. The zero-order chi connectivity index (χ0) is 14.8. The van der Waals surface area contributed by atoms with Crippen LogP contribution in [-0.2, 0) is 9.53 Å². The largest absolute Gasteiger partial charge is 0.469 e. The van der Waals surface area contributed by atoms with Crippen LogP contribution in [0.3, 0.4) is 0 Å². The zero-order valence-corrected chi connectivity index (χ0v) is 13.3.